The largest absolute Gasteiger partial charge is 0.466 e. The second-order valence-electron chi connectivity index (χ2n) is 6.60. The summed E-state index contributed by atoms with van der Waals surface area (Å²) >= 11 is 0. The molecular formula is C18H25N5O4. The highest BCUT2D eigenvalue weighted by Gasteiger charge is 2.22. The Morgan fingerprint density at radius 1 is 1.07 bits per heavy atom. The van der Waals surface area contributed by atoms with Crippen molar-refractivity contribution < 1.29 is 9.53 Å². The molecule has 0 saturated heterocycles. The summed E-state index contributed by atoms with van der Waals surface area (Å²) in [6.07, 6.45) is 0.891. The summed E-state index contributed by atoms with van der Waals surface area (Å²) in [5, 5.41) is 0. The number of hydrogen-bond acceptors (Lipinski definition) is 5. The molecule has 0 bridgehead atoms. The fourth-order valence-electron chi connectivity index (χ4n) is 3.44. The van der Waals surface area contributed by atoms with E-state index in [1.807, 2.05) is 18.2 Å². The second-order valence-corrected chi connectivity index (χ2v) is 6.60. The van der Waals surface area contributed by atoms with E-state index in [-0.39, 0.29) is 19.6 Å². The van der Waals surface area contributed by atoms with Crippen molar-refractivity contribution in [1.82, 2.24) is 23.1 Å². The van der Waals surface area contributed by atoms with Gasteiger partial charge in [-0.05, 0) is 27.2 Å². The van der Waals surface area contributed by atoms with Gasteiger partial charge in [-0.2, -0.15) is 4.98 Å². The van der Waals surface area contributed by atoms with Crippen LogP contribution < -0.4 is 11.2 Å². The van der Waals surface area contributed by atoms with Crippen molar-refractivity contribution in [3.05, 3.63) is 32.2 Å². The molecule has 0 N–H and O–H groups in total. The van der Waals surface area contributed by atoms with Crippen molar-refractivity contribution in [2.24, 2.45) is 7.05 Å². The van der Waals surface area contributed by atoms with Gasteiger partial charge in [0.2, 0.25) is 5.78 Å². The van der Waals surface area contributed by atoms with Gasteiger partial charge in [-0.25, -0.2) is 4.79 Å². The molecule has 0 saturated carbocycles. The molecule has 3 aromatic heterocycles. The summed E-state index contributed by atoms with van der Waals surface area (Å²) in [6, 6.07) is 0. The number of esters is 1. The highest BCUT2D eigenvalue weighted by atomic mass is 16.5. The average molecular weight is 375 g/mol. The third kappa shape index (κ3) is 2.87. The lowest BCUT2D eigenvalue weighted by atomic mass is 10.3. The fraction of sp³-hybridized carbons (Fsp3) is 0.556. The molecule has 9 nitrogen and oxygen atoms in total. The summed E-state index contributed by atoms with van der Waals surface area (Å²) in [4.78, 5) is 42.0. The highest BCUT2D eigenvalue weighted by Crippen LogP contribution is 2.20. The molecule has 3 heterocycles. The monoisotopic (exact) mass is 375 g/mol. The molecule has 0 aliphatic heterocycles. The van der Waals surface area contributed by atoms with E-state index in [9.17, 15) is 14.4 Å². The molecule has 0 fully saturated rings. The predicted octanol–water partition coefficient (Wildman–Crippen LogP) is 1.13. The van der Waals surface area contributed by atoms with Crippen molar-refractivity contribution >= 4 is 22.9 Å². The number of carbonyl (C=O) groups excluding carboxylic acids is 1. The zero-order chi connectivity index (χ0) is 19.9. The van der Waals surface area contributed by atoms with E-state index >= 15 is 0 Å². The maximum atomic E-state index is 13.1. The minimum atomic E-state index is -0.492. The normalized spacial score (nSPS) is 11.6. The predicted molar refractivity (Wildman–Crippen MR) is 101 cm³/mol. The Kier molecular flexibility index (Phi) is 4.95. The fourth-order valence-corrected chi connectivity index (χ4v) is 3.44. The first-order chi connectivity index (χ1) is 12.8. The summed E-state index contributed by atoms with van der Waals surface area (Å²) in [7, 11) is 1.59. The number of rotatable bonds is 6. The highest BCUT2D eigenvalue weighted by molar-refractivity contribution is 5.76. The van der Waals surface area contributed by atoms with Crippen LogP contribution in [0.25, 0.3) is 16.9 Å². The first-order valence-corrected chi connectivity index (χ1v) is 9.16. The maximum Gasteiger partial charge on any atom is 0.332 e. The standard InChI is InChI=1S/C18H25N5O4/c1-6-9-21-11(3)12(4)23-14-15(19-17(21)23)20(5)18(26)22(16(14)25)10-8-13(24)27-7-2/h6-10H2,1-5H3. The second kappa shape index (κ2) is 7.05. The van der Waals surface area contributed by atoms with Crippen LogP contribution in [0.4, 0.5) is 0 Å². The van der Waals surface area contributed by atoms with Crippen LogP contribution in [0.5, 0.6) is 0 Å². The number of nitrogens with zero attached hydrogens (tertiary/aromatic N) is 5. The lowest BCUT2D eigenvalue weighted by Gasteiger charge is -2.08. The zero-order valence-electron chi connectivity index (χ0n) is 16.4. The smallest absolute Gasteiger partial charge is 0.332 e. The molecule has 0 unspecified atom stereocenters. The van der Waals surface area contributed by atoms with Gasteiger partial charge in [-0.15, -0.1) is 0 Å². The topological polar surface area (TPSA) is 92.5 Å². The van der Waals surface area contributed by atoms with Crippen LogP contribution >= 0.6 is 0 Å². The van der Waals surface area contributed by atoms with Gasteiger partial charge in [0.25, 0.3) is 5.56 Å². The third-order valence-corrected chi connectivity index (χ3v) is 4.92. The van der Waals surface area contributed by atoms with Crippen LogP contribution in [0.3, 0.4) is 0 Å². The van der Waals surface area contributed by atoms with Crippen molar-refractivity contribution in [1.29, 1.82) is 0 Å². The lowest BCUT2D eigenvalue weighted by Crippen LogP contribution is -2.40. The molecule has 0 amide bonds. The van der Waals surface area contributed by atoms with Gasteiger partial charge >= 0.3 is 11.7 Å². The van der Waals surface area contributed by atoms with E-state index in [1.54, 1.807) is 14.0 Å². The van der Waals surface area contributed by atoms with Crippen LogP contribution in [0.1, 0.15) is 38.1 Å². The molecule has 27 heavy (non-hydrogen) atoms. The Hall–Kier alpha value is -2.84. The van der Waals surface area contributed by atoms with E-state index in [0.717, 1.165) is 28.9 Å². The van der Waals surface area contributed by atoms with Gasteiger partial charge in [0.15, 0.2) is 11.2 Å². The van der Waals surface area contributed by atoms with Crippen molar-refractivity contribution in [3.63, 3.8) is 0 Å². The number of imidazole rings is 2. The Bertz CT molecular complexity index is 1150. The molecule has 0 spiro atoms. The van der Waals surface area contributed by atoms with E-state index in [2.05, 4.69) is 16.5 Å². The molecule has 3 aromatic rings. The zero-order valence-corrected chi connectivity index (χ0v) is 16.4. The van der Waals surface area contributed by atoms with Crippen LogP contribution in [0.2, 0.25) is 0 Å². The van der Waals surface area contributed by atoms with Gasteiger partial charge in [-0.1, -0.05) is 6.92 Å². The lowest BCUT2D eigenvalue weighted by molar-refractivity contribution is -0.143. The molecule has 3 rings (SSSR count). The number of hydrogen-bond donors (Lipinski definition) is 0. The van der Waals surface area contributed by atoms with Crippen LogP contribution in [0.15, 0.2) is 9.59 Å². The minimum Gasteiger partial charge on any atom is -0.466 e. The van der Waals surface area contributed by atoms with Gasteiger partial charge in [0, 0.05) is 31.5 Å². The van der Waals surface area contributed by atoms with Gasteiger partial charge < -0.3 is 9.30 Å². The number of carbonyl (C=O) groups is 1. The third-order valence-electron chi connectivity index (χ3n) is 4.92. The van der Waals surface area contributed by atoms with E-state index in [1.165, 1.54) is 4.57 Å². The molecule has 9 heteroatoms. The Morgan fingerprint density at radius 2 is 1.78 bits per heavy atom. The van der Waals surface area contributed by atoms with Gasteiger partial charge in [0.05, 0.1) is 13.0 Å². The number of ether oxygens (including phenoxy) is 1. The summed E-state index contributed by atoms with van der Waals surface area (Å²) in [5.74, 6) is 0.211. The molecule has 0 aliphatic rings. The minimum absolute atomic E-state index is 0.0266. The molecule has 0 aromatic carbocycles. The maximum absolute atomic E-state index is 13.1. The average Bonchev–Trinajstić information content (AvgIpc) is 3.12. The molecule has 0 radical (unpaired) electrons. The van der Waals surface area contributed by atoms with Crippen molar-refractivity contribution in [2.75, 3.05) is 6.61 Å². The Labute approximate surface area is 155 Å². The summed E-state index contributed by atoms with van der Waals surface area (Å²) in [6.45, 7) is 8.72. The van der Waals surface area contributed by atoms with Gasteiger partial charge in [-0.3, -0.25) is 23.1 Å². The molecule has 146 valence electrons. The first kappa shape index (κ1) is 18.9. The summed E-state index contributed by atoms with van der Waals surface area (Å²) in [5.41, 5.74) is 1.71. The summed E-state index contributed by atoms with van der Waals surface area (Å²) < 4.78 is 11.2. The van der Waals surface area contributed by atoms with Gasteiger partial charge in [0.1, 0.15) is 0 Å². The van der Waals surface area contributed by atoms with Crippen molar-refractivity contribution in [3.8, 4) is 0 Å². The number of fused-ring (bicyclic) bond motifs is 3. The van der Waals surface area contributed by atoms with Crippen LogP contribution in [-0.2, 0) is 29.7 Å². The number of aryl methyl sites for hydroxylation is 3. The number of aromatic nitrogens is 5. The molecule has 0 atom stereocenters. The van der Waals surface area contributed by atoms with E-state index in [0.29, 0.717) is 16.9 Å². The van der Waals surface area contributed by atoms with Crippen molar-refractivity contribution in [2.45, 2.75) is 53.6 Å². The van der Waals surface area contributed by atoms with Crippen LogP contribution in [-0.4, -0.2) is 35.7 Å². The van der Waals surface area contributed by atoms with E-state index < -0.39 is 17.2 Å². The first-order valence-electron chi connectivity index (χ1n) is 9.16. The SMILES string of the molecule is CCCn1c(C)c(C)n2c3c(=O)n(CCC(=O)OCC)c(=O)n(C)c3nc12. The van der Waals surface area contributed by atoms with Crippen LogP contribution in [0, 0.1) is 13.8 Å². The Balaban J connectivity index is 2.27. The molecular weight excluding hydrogens is 350 g/mol. The van der Waals surface area contributed by atoms with E-state index in [4.69, 9.17) is 4.74 Å². The quantitative estimate of drug-likeness (QED) is 0.602. The Morgan fingerprint density at radius 3 is 2.41 bits per heavy atom. The molecule has 0 aliphatic carbocycles.